The van der Waals surface area contributed by atoms with Crippen molar-refractivity contribution in [3.8, 4) is 0 Å². The SMILES string of the molecule is CC(C)COC(=O)N1CC(c2ccccc2)N=C1c1ccccc1P(C1CCCCC1)C1CCCCC1.c1ccccc1. The van der Waals surface area contributed by atoms with Crippen LogP contribution in [0.2, 0.25) is 0 Å². The Labute approximate surface area is 260 Å². The molecule has 2 fully saturated rings. The van der Waals surface area contributed by atoms with Gasteiger partial charge in [-0.05, 0) is 53.8 Å². The van der Waals surface area contributed by atoms with Crippen LogP contribution in [-0.4, -0.2) is 41.3 Å². The molecule has 228 valence electrons. The van der Waals surface area contributed by atoms with Crippen LogP contribution in [-0.2, 0) is 4.74 Å². The molecule has 1 aliphatic heterocycles. The van der Waals surface area contributed by atoms with Crippen LogP contribution in [0.15, 0.2) is 96.0 Å². The first-order valence-electron chi connectivity index (χ1n) is 16.6. The molecule has 4 nitrogen and oxygen atoms in total. The lowest BCUT2D eigenvalue weighted by molar-refractivity contribution is 0.112. The Bertz CT molecular complexity index is 1240. The first-order valence-corrected chi connectivity index (χ1v) is 18.0. The largest absolute Gasteiger partial charge is 0.449 e. The second-order valence-corrected chi connectivity index (χ2v) is 15.4. The van der Waals surface area contributed by atoms with Crippen molar-refractivity contribution in [2.45, 2.75) is 95.4 Å². The number of ether oxygens (including phenoxy) is 1. The molecule has 5 heteroatoms. The van der Waals surface area contributed by atoms with Gasteiger partial charge in [-0.25, -0.2) is 4.79 Å². The topological polar surface area (TPSA) is 41.9 Å². The smallest absolute Gasteiger partial charge is 0.415 e. The average Bonchev–Trinajstić information content (AvgIpc) is 3.52. The highest BCUT2D eigenvalue weighted by Crippen LogP contribution is 2.55. The molecule has 1 heterocycles. The molecule has 2 saturated carbocycles. The molecule has 43 heavy (non-hydrogen) atoms. The maximum absolute atomic E-state index is 13.4. The Hall–Kier alpha value is -2.97. The summed E-state index contributed by atoms with van der Waals surface area (Å²) in [6.45, 7) is 5.12. The fourth-order valence-electron chi connectivity index (χ4n) is 6.75. The fraction of sp³-hybridized carbons (Fsp3) is 0.474. The number of aliphatic imine (C=N–C) groups is 1. The second-order valence-electron chi connectivity index (χ2n) is 12.6. The van der Waals surface area contributed by atoms with E-state index in [-0.39, 0.29) is 20.1 Å². The van der Waals surface area contributed by atoms with Crippen LogP contribution in [0.3, 0.4) is 0 Å². The van der Waals surface area contributed by atoms with Crippen molar-refractivity contribution < 1.29 is 9.53 Å². The molecule has 1 atom stereocenters. The summed E-state index contributed by atoms with van der Waals surface area (Å²) < 4.78 is 5.77. The number of benzene rings is 3. The first kappa shape index (κ1) is 31.5. The van der Waals surface area contributed by atoms with Gasteiger partial charge in [-0.2, -0.15) is 0 Å². The minimum atomic E-state index is -0.314. The van der Waals surface area contributed by atoms with Gasteiger partial charge in [0.25, 0.3) is 0 Å². The second kappa shape index (κ2) is 16.2. The van der Waals surface area contributed by atoms with E-state index in [1.807, 2.05) is 47.4 Å². The number of nitrogens with zero attached hydrogens (tertiary/aromatic N) is 2. The fourth-order valence-corrected chi connectivity index (χ4v) is 10.7. The minimum absolute atomic E-state index is 0.0635. The molecule has 3 aliphatic rings. The zero-order valence-corrected chi connectivity index (χ0v) is 27.0. The van der Waals surface area contributed by atoms with Gasteiger partial charge >= 0.3 is 6.09 Å². The summed E-state index contributed by atoms with van der Waals surface area (Å²) >= 11 is 0. The van der Waals surface area contributed by atoms with E-state index >= 15 is 0 Å². The standard InChI is InChI=1S/C32H43N2O2P.C6H6/c1-24(2)23-36-32(35)34-22-29(25-14-6-3-7-15-25)33-31(34)28-20-12-13-21-30(28)37(26-16-8-4-9-17-26)27-18-10-5-11-19-27;1-2-4-6-5-3-1/h3,6-7,12-15,20-21,24,26-27,29H,4-5,8-11,16-19,22-23H2,1-2H3;1-6H. The lowest BCUT2D eigenvalue weighted by Gasteiger charge is -2.39. The van der Waals surface area contributed by atoms with Crippen LogP contribution in [0.4, 0.5) is 4.79 Å². The molecule has 1 amide bonds. The van der Waals surface area contributed by atoms with Gasteiger partial charge in [-0.1, -0.05) is 151 Å². The maximum Gasteiger partial charge on any atom is 0.415 e. The van der Waals surface area contributed by atoms with Gasteiger partial charge in [0.2, 0.25) is 0 Å². The number of amides is 1. The molecule has 3 aromatic carbocycles. The van der Waals surface area contributed by atoms with Crippen molar-refractivity contribution in [3.05, 3.63) is 102 Å². The van der Waals surface area contributed by atoms with Crippen LogP contribution in [0.25, 0.3) is 0 Å². The van der Waals surface area contributed by atoms with Crippen molar-refractivity contribution in [1.29, 1.82) is 0 Å². The highest BCUT2D eigenvalue weighted by atomic mass is 31.1. The minimum Gasteiger partial charge on any atom is -0.449 e. The summed E-state index contributed by atoms with van der Waals surface area (Å²) in [5.41, 5.74) is 3.91. The Morgan fingerprint density at radius 2 is 1.28 bits per heavy atom. The molecule has 1 unspecified atom stereocenters. The highest BCUT2D eigenvalue weighted by molar-refractivity contribution is 7.67. The molecule has 0 spiro atoms. The monoisotopic (exact) mass is 596 g/mol. The number of hydrogen-bond acceptors (Lipinski definition) is 3. The molecular formula is C38H49N2O2P. The van der Waals surface area contributed by atoms with E-state index in [1.165, 1.54) is 75.1 Å². The predicted octanol–water partition coefficient (Wildman–Crippen LogP) is 9.74. The van der Waals surface area contributed by atoms with Crippen molar-refractivity contribution in [2.24, 2.45) is 10.9 Å². The Morgan fingerprint density at radius 3 is 1.84 bits per heavy atom. The van der Waals surface area contributed by atoms with E-state index in [9.17, 15) is 4.79 Å². The van der Waals surface area contributed by atoms with Gasteiger partial charge in [0, 0.05) is 5.56 Å². The van der Waals surface area contributed by atoms with E-state index in [0.717, 1.165) is 22.7 Å². The molecular weight excluding hydrogens is 547 g/mol. The van der Waals surface area contributed by atoms with Crippen molar-refractivity contribution >= 4 is 25.2 Å². The van der Waals surface area contributed by atoms with Gasteiger partial charge in [0.05, 0.1) is 19.2 Å². The summed E-state index contributed by atoms with van der Waals surface area (Å²) in [4.78, 5) is 20.5. The van der Waals surface area contributed by atoms with Gasteiger partial charge in [-0.15, -0.1) is 0 Å². The van der Waals surface area contributed by atoms with E-state index in [2.05, 4.69) is 62.4 Å². The lowest BCUT2D eigenvalue weighted by atomic mass is 9.99. The number of rotatable bonds is 7. The summed E-state index contributed by atoms with van der Waals surface area (Å²) in [7, 11) is -0.314. The van der Waals surface area contributed by atoms with Crippen molar-refractivity contribution in [2.75, 3.05) is 13.2 Å². The van der Waals surface area contributed by atoms with E-state index in [4.69, 9.17) is 9.73 Å². The maximum atomic E-state index is 13.4. The third-order valence-corrected chi connectivity index (χ3v) is 12.4. The predicted molar refractivity (Wildman–Crippen MR) is 182 cm³/mol. The number of carbonyl (C=O) groups excluding carboxylic acids is 1. The van der Waals surface area contributed by atoms with E-state index in [1.54, 1.807) is 0 Å². The Morgan fingerprint density at radius 1 is 0.767 bits per heavy atom. The highest BCUT2D eigenvalue weighted by Gasteiger charge is 2.38. The Kier molecular flexibility index (Phi) is 11.9. The molecule has 0 saturated heterocycles. The van der Waals surface area contributed by atoms with Crippen molar-refractivity contribution in [1.82, 2.24) is 4.90 Å². The van der Waals surface area contributed by atoms with Gasteiger partial charge in [0.1, 0.15) is 5.84 Å². The first-order chi connectivity index (χ1) is 21.1. The summed E-state index contributed by atoms with van der Waals surface area (Å²) in [5, 5.41) is 1.48. The average molecular weight is 597 g/mol. The summed E-state index contributed by atoms with van der Waals surface area (Å²) in [5.74, 6) is 1.12. The molecule has 0 aromatic heterocycles. The lowest BCUT2D eigenvalue weighted by Crippen LogP contribution is -2.39. The quantitative estimate of drug-likeness (QED) is 0.255. The third-order valence-electron chi connectivity index (χ3n) is 8.86. The van der Waals surface area contributed by atoms with E-state index in [0.29, 0.717) is 19.1 Å². The van der Waals surface area contributed by atoms with Crippen LogP contribution < -0.4 is 5.30 Å². The zero-order valence-electron chi connectivity index (χ0n) is 26.1. The molecule has 2 aliphatic carbocycles. The third kappa shape index (κ3) is 8.57. The van der Waals surface area contributed by atoms with Gasteiger partial charge in [-0.3, -0.25) is 9.89 Å². The summed E-state index contributed by atoms with van der Waals surface area (Å²) in [6, 6.07) is 31.3. The summed E-state index contributed by atoms with van der Waals surface area (Å²) in [6.07, 6.45) is 13.4. The molecule has 6 rings (SSSR count). The van der Waals surface area contributed by atoms with E-state index < -0.39 is 0 Å². The molecule has 3 aromatic rings. The van der Waals surface area contributed by atoms with Crippen LogP contribution in [0, 0.1) is 5.92 Å². The number of amidine groups is 1. The Balaban J connectivity index is 0.000000548. The van der Waals surface area contributed by atoms with Crippen molar-refractivity contribution in [3.63, 3.8) is 0 Å². The normalized spacial score (nSPS) is 19.6. The number of carbonyl (C=O) groups is 1. The number of hydrogen-bond donors (Lipinski definition) is 0. The van der Waals surface area contributed by atoms with Crippen LogP contribution >= 0.6 is 7.92 Å². The van der Waals surface area contributed by atoms with Gasteiger partial charge < -0.3 is 4.74 Å². The molecule has 0 N–H and O–H groups in total. The zero-order chi connectivity index (χ0) is 29.9. The van der Waals surface area contributed by atoms with Crippen LogP contribution in [0.1, 0.15) is 95.2 Å². The van der Waals surface area contributed by atoms with Gasteiger partial charge in [0.15, 0.2) is 0 Å². The molecule has 0 radical (unpaired) electrons. The van der Waals surface area contributed by atoms with Crippen LogP contribution in [0.5, 0.6) is 0 Å². The molecule has 0 bridgehead atoms.